The Balaban J connectivity index is 0.000000206. The Bertz CT molecular complexity index is 100.0. The molecule has 0 heterocycles. The molecule has 14 heavy (non-hydrogen) atoms. The molecule has 0 saturated heterocycles. The first kappa shape index (κ1) is 13.9. The van der Waals surface area contributed by atoms with Crippen molar-refractivity contribution in [3.05, 3.63) is 0 Å². The first-order chi connectivity index (χ1) is 6.71. The van der Waals surface area contributed by atoms with Crippen LogP contribution < -0.4 is 0 Å². The van der Waals surface area contributed by atoms with E-state index in [-0.39, 0.29) is 12.8 Å². The summed E-state index contributed by atoms with van der Waals surface area (Å²) in [5.41, 5.74) is 0. The van der Waals surface area contributed by atoms with Gasteiger partial charge in [-0.25, -0.2) is 8.78 Å². The van der Waals surface area contributed by atoms with Gasteiger partial charge in [0.15, 0.2) is 0 Å². The molecule has 0 nitrogen and oxygen atoms in total. The molecule has 2 saturated carbocycles. The van der Waals surface area contributed by atoms with Crippen molar-refractivity contribution in [1.82, 2.24) is 0 Å². The van der Waals surface area contributed by atoms with Crippen molar-refractivity contribution in [2.75, 3.05) is 0 Å². The summed E-state index contributed by atoms with van der Waals surface area (Å²) in [5, 5.41) is 0. The van der Waals surface area contributed by atoms with Crippen LogP contribution in [-0.2, 0) is 0 Å². The smallest absolute Gasteiger partial charge is 0.207 e. The molecule has 0 atom stereocenters. The molecule has 0 N–H and O–H groups in total. The van der Waals surface area contributed by atoms with Crippen LogP contribution in [0.15, 0.2) is 0 Å². The molecule has 0 aromatic rings. The van der Waals surface area contributed by atoms with Crippen molar-refractivity contribution >= 4 is 0 Å². The molecular weight excluding hydrogens is 182 g/mol. The summed E-state index contributed by atoms with van der Waals surface area (Å²) < 4.78 is 23.1. The van der Waals surface area contributed by atoms with Gasteiger partial charge in [-0.2, -0.15) is 0 Å². The molecule has 0 amide bonds. The lowest BCUT2D eigenvalue weighted by Crippen LogP contribution is -2.24. The minimum Gasteiger partial charge on any atom is -0.207 e. The maximum absolute atomic E-state index is 11.5. The van der Waals surface area contributed by atoms with Gasteiger partial charge >= 0.3 is 0 Å². The zero-order valence-electron chi connectivity index (χ0n) is 9.62. The minimum atomic E-state index is -2.28. The Kier molecular flexibility index (Phi) is 8.11. The van der Waals surface area contributed by atoms with Gasteiger partial charge in [-0.1, -0.05) is 52.4 Å². The van der Waals surface area contributed by atoms with Gasteiger partial charge in [0.25, 0.3) is 0 Å². The van der Waals surface area contributed by atoms with E-state index in [1.54, 1.807) is 0 Å². The molecular formula is C12H24F2. The van der Waals surface area contributed by atoms with Crippen LogP contribution in [0.2, 0.25) is 0 Å². The van der Waals surface area contributed by atoms with Gasteiger partial charge < -0.3 is 0 Å². The molecule has 0 spiro atoms. The second kappa shape index (κ2) is 8.19. The van der Waals surface area contributed by atoms with Gasteiger partial charge in [-0.05, 0) is 6.42 Å². The maximum Gasteiger partial charge on any atom is 0.248 e. The van der Waals surface area contributed by atoms with Gasteiger partial charge in [-0.3, -0.25) is 0 Å². The molecule has 0 aromatic heterocycles. The fourth-order valence-electron chi connectivity index (χ4n) is 1.50. The lowest BCUT2D eigenvalue weighted by atomic mass is 9.95. The Morgan fingerprint density at radius 3 is 0.929 bits per heavy atom. The first-order valence-corrected chi connectivity index (χ1v) is 6.09. The van der Waals surface area contributed by atoms with E-state index < -0.39 is 5.92 Å². The van der Waals surface area contributed by atoms with Crippen LogP contribution in [-0.4, -0.2) is 5.92 Å². The highest BCUT2D eigenvalue weighted by Gasteiger charge is 2.36. The standard InChI is InChI=1S/C6H12.C4H6F2.C2H6/c1-2-4-6-5-3-1;5-4(6)2-1-3-4;1-2/h1-6H2;1-3H2;1-2H3. The third-order valence-corrected chi connectivity index (χ3v) is 2.59. The largest absolute Gasteiger partial charge is 0.248 e. The van der Waals surface area contributed by atoms with Crippen LogP contribution in [0, 0.1) is 0 Å². The SMILES string of the molecule is C1CCCCC1.CC.FC1(F)CCC1. The van der Waals surface area contributed by atoms with E-state index in [4.69, 9.17) is 0 Å². The van der Waals surface area contributed by atoms with Crippen LogP contribution in [0.1, 0.15) is 71.6 Å². The number of halogens is 2. The fraction of sp³-hybridized carbons (Fsp3) is 1.00. The zero-order chi connectivity index (χ0) is 10.9. The summed E-state index contributed by atoms with van der Waals surface area (Å²) in [7, 11) is 0. The Labute approximate surface area is 87.1 Å². The lowest BCUT2D eigenvalue weighted by molar-refractivity contribution is -0.0716. The second-order valence-electron chi connectivity index (χ2n) is 3.83. The number of alkyl halides is 2. The van der Waals surface area contributed by atoms with Crippen molar-refractivity contribution < 1.29 is 8.78 Å². The molecule has 0 unspecified atom stereocenters. The highest BCUT2D eigenvalue weighted by atomic mass is 19.3. The summed E-state index contributed by atoms with van der Waals surface area (Å²) in [4.78, 5) is 0. The molecule has 0 radical (unpaired) electrons. The predicted molar refractivity (Wildman–Crippen MR) is 57.8 cm³/mol. The van der Waals surface area contributed by atoms with E-state index in [1.807, 2.05) is 13.8 Å². The van der Waals surface area contributed by atoms with Gasteiger partial charge in [0.1, 0.15) is 0 Å². The number of hydrogen-bond donors (Lipinski definition) is 0. The Hall–Kier alpha value is -0.140. The summed E-state index contributed by atoms with van der Waals surface area (Å²) in [5.74, 6) is -2.28. The molecule has 86 valence electrons. The highest BCUT2D eigenvalue weighted by Crippen LogP contribution is 2.36. The fourth-order valence-corrected chi connectivity index (χ4v) is 1.50. The molecule has 0 aromatic carbocycles. The van der Waals surface area contributed by atoms with E-state index in [9.17, 15) is 8.78 Å². The van der Waals surface area contributed by atoms with Gasteiger partial charge in [0.2, 0.25) is 5.92 Å². The third-order valence-electron chi connectivity index (χ3n) is 2.59. The minimum absolute atomic E-state index is 0.118. The van der Waals surface area contributed by atoms with Crippen molar-refractivity contribution in [3.63, 3.8) is 0 Å². The average Bonchev–Trinajstić information content (AvgIpc) is 2.22. The van der Waals surface area contributed by atoms with E-state index >= 15 is 0 Å². The highest BCUT2D eigenvalue weighted by molar-refractivity contribution is 4.75. The molecule has 0 bridgehead atoms. The van der Waals surface area contributed by atoms with E-state index in [1.165, 1.54) is 38.5 Å². The van der Waals surface area contributed by atoms with Crippen LogP contribution in [0.4, 0.5) is 8.78 Å². The number of hydrogen-bond acceptors (Lipinski definition) is 0. The summed E-state index contributed by atoms with van der Waals surface area (Å²) >= 11 is 0. The predicted octanol–water partition coefficient (Wildman–Crippen LogP) is 5.17. The molecule has 2 fully saturated rings. The average molecular weight is 206 g/mol. The van der Waals surface area contributed by atoms with Gasteiger partial charge in [0, 0.05) is 12.8 Å². The topological polar surface area (TPSA) is 0 Å². The van der Waals surface area contributed by atoms with Crippen molar-refractivity contribution in [2.24, 2.45) is 0 Å². The second-order valence-corrected chi connectivity index (χ2v) is 3.83. The normalized spacial score (nSPS) is 23.1. The van der Waals surface area contributed by atoms with Crippen molar-refractivity contribution in [3.8, 4) is 0 Å². The van der Waals surface area contributed by atoms with Crippen LogP contribution in [0.3, 0.4) is 0 Å². The Morgan fingerprint density at radius 1 is 0.643 bits per heavy atom. The molecule has 2 heteroatoms. The van der Waals surface area contributed by atoms with E-state index in [0.29, 0.717) is 6.42 Å². The van der Waals surface area contributed by atoms with Gasteiger partial charge in [0.05, 0.1) is 0 Å². The quantitative estimate of drug-likeness (QED) is 0.512. The summed E-state index contributed by atoms with van der Waals surface area (Å²) in [6.45, 7) is 4.00. The van der Waals surface area contributed by atoms with Crippen LogP contribution >= 0.6 is 0 Å². The number of rotatable bonds is 0. The lowest BCUT2D eigenvalue weighted by Gasteiger charge is -2.23. The summed E-state index contributed by atoms with van der Waals surface area (Å²) in [6, 6.07) is 0. The van der Waals surface area contributed by atoms with Crippen molar-refractivity contribution in [2.45, 2.75) is 77.6 Å². The zero-order valence-corrected chi connectivity index (χ0v) is 9.62. The van der Waals surface area contributed by atoms with Crippen molar-refractivity contribution in [1.29, 1.82) is 0 Å². The first-order valence-electron chi connectivity index (χ1n) is 6.09. The monoisotopic (exact) mass is 206 g/mol. The van der Waals surface area contributed by atoms with E-state index in [0.717, 1.165) is 0 Å². The molecule has 2 aliphatic rings. The van der Waals surface area contributed by atoms with Crippen LogP contribution in [0.5, 0.6) is 0 Å². The van der Waals surface area contributed by atoms with Crippen LogP contribution in [0.25, 0.3) is 0 Å². The molecule has 0 aliphatic heterocycles. The van der Waals surface area contributed by atoms with E-state index in [2.05, 4.69) is 0 Å². The maximum atomic E-state index is 11.5. The third kappa shape index (κ3) is 7.28. The Morgan fingerprint density at radius 2 is 0.857 bits per heavy atom. The molecule has 2 aliphatic carbocycles. The van der Waals surface area contributed by atoms with Gasteiger partial charge in [-0.15, -0.1) is 0 Å². The molecule has 2 rings (SSSR count). The summed E-state index contributed by atoms with van der Waals surface area (Å²) in [6.07, 6.45) is 9.95.